The summed E-state index contributed by atoms with van der Waals surface area (Å²) in [5.74, 6) is -2.02. The molecule has 1 amide bonds. The molecule has 0 fully saturated rings. The van der Waals surface area contributed by atoms with Gasteiger partial charge in [-0.15, -0.1) is 0 Å². The van der Waals surface area contributed by atoms with E-state index in [-0.39, 0.29) is 5.69 Å². The van der Waals surface area contributed by atoms with E-state index in [0.717, 1.165) is 23.3 Å². The summed E-state index contributed by atoms with van der Waals surface area (Å²) in [5, 5.41) is 3.19. The van der Waals surface area contributed by atoms with Crippen molar-refractivity contribution >= 4 is 22.5 Å². The fourth-order valence-corrected chi connectivity index (χ4v) is 3.19. The number of nitrogens with zero attached hydrogens (tertiary/aromatic N) is 1. The predicted molar refractivity (Wildman–Crippen MR) is 111 cm³/mol. The number of hydrogen-bond acceptors (Lipinski definition) is 2. The van der Waals surface area contributed by atoms with Crippen LogP contribution >= 0.6 is 0 Å². The summed E-state index contributed by atoms with van der Waals surface area (Å²) in [5.41, 5.74) is 4.78. The van der Waals surface area contributed by atoms with E-state index in [1.54, 1.807) is 12.1 Å². The zero-order valence-electron chi connectivity index (χ0n) is 16.0. The molecule has 4 aromatic rings. The Bertz CT molecular complexity index is 1250. The van der Waals surface area contributed by atoms with Crippen molar-refractivity contribution in [3.63, 3.8) is 0 Å². The van der Waals surface area contributed by atoms with Gasteiger partial charge in [0.1, 0.15) is 11.6 Å². The maximum atomic E-state index is 14.0. The normalized spacial score (nSPS) is 10.9. The first-order valence-electron chi connectivity index (χ1n) is 9.16. The molecule has 0 bridgehead atoms. The van der Waals surface area contributed by atoms with Crippen LogP contribution in [0.1, 0.15) is 21.5 Å². The number of rotatable bonds is 3. The second kappa shape index (κ2) is 7.43. The van der Waals surface area contributed by atoms with Crippen LogP contribution in [0, 0.1) is 25.5 Å². The number of benzene rings is 3. The molecule has 0 atom stereocenters. The van der Waals surface area contributed by atoms with Crippen molar-refractivity contribution in [3.8, 4) is 11.3 Å². The van der Waals surface area contributed by atoms with Crippen molar-refractivity contribution in [2.24, 2.45) is 0 Å². The van der Waals surface area contributed by atoms with E-state index in [2.05, 4.69) is 5.32 Å². The molecule has 1 aromatic heterocycles. The molecule has 5 heteroatoms. The summed E-state index contributed by atoms with van der Waals surface area (Å²) in [4.78, 5) is 17.7. The van der Waals surface area contributed by atoms with Gasteiger partial charge in [-0.25, -0.2) is 13.8 Å². The van der Waals surface area contributed by atoms with Crippen LogP contribution in [0.5, 0.6) is 0 Å². The zero-order valence-corrected chi connectivity index (χ0v) is 16.0. The smallest absolute Gasteiger partial charge is 0.256 e. The first kappa shape index (κ1) is 18.7. The molecule has 0 aliphatic carbocycles. The van der Waals surface area contributed by atoms with Crippen molar-refractivity contribution in [2.45, 2.75) is 13.8 Å². The van der Waals surface area contributed by atoms with Crippen LogP contribution < -0.4 is 5.32 Å². The molecule has 0 unspecified atom stereocenters. The molecule has 144 valence electrons. The van der Waals surface area contributed by atoms with E-state index in [4.69, 9.17) is 4.98 Å². The first-order chi connectivity index (χ1) is 13.9. The topological polar surface area (TPSA) is 42.0 Å². The third kappa shape index (κ3) is 3.72. The van der Waals surface area contributed by atoms with Crippen molar-refractivity contribution in [1.29, 1.82) is 0 Å². The quantitative estimate of drug-likeness (QED) is 0.464. The van der Waals surface area contributed by atoms with E-state index < -0.39 is 17.5 Å². The summed E-state index contributed by atoms with van der Waals surface area (Å²) in [6, 6.07) is 18.0. The van der Waals surface area contributed by atoms with E-state index in [1.807, 2.05) is 50.2 Å². The Hall–Kier alpha value is -3.60. The molecule has 1 N–H and O–H groups in total. The van der Waals surface area contributed by atoms with Gasteiger partial charge < -0.3 is 5.32 Å². The molecular weight excluding hydrogens is 370 g/mol. The minimum Gasteiger partial charge on any atom is -0.319 e. The molecule has 0 radical (unpaired) electrons. The van der Waals surface area contributed by atoms with Crippen molar-refractivity contribution in [1.82, 2.24) is 4.98 Å². The van der Waals surface area contributed by atoms with Crippen molar-refractivity contribution in [2.75, 3.05) is 5.32 Å². The minimum atomic E-state index is -0.828. The van der Waals surface area contributed by atoms with Crippen molar-refractivity contribution < 1.29 is 13.6 Å². The number of para-hydroxylation sites is 1. The number of aryl methyl sites for hydroxylation is 2. The van der Waals surface area contributed by atoms with Gasteiger partial charge in [-0.2, -0.15) is 0 Å². The van der Waals surface area contributed by atoms with Crippen molar-refractivity contribution in [3.05, 3.63) is 95.1 Å². The number of anilines is 1. The standard InChI is InChI=1S/C24H18F2N2O/c1-14-7-8-16(11-15(14)2)23-13-19(18-5-3-4-6-21(18)27-23)24(29)28-22-10-9-17(25)12-20(22)26/h3-13H,1-2H3,(H,28,29). The second-order valence-corrected chi connectivity index (χ2v) is 6.95. The van der Waals surface area contributed by atoms with Gasteiger partial charge in [-0.05, 0) is 55.3 Å². The van der Waals surface area contributed by atoms with Crippen LogP contribution in [0.2, 0.25) is 0 Å². The maximum Gasteiger partial charge on any atom is 0.256 e. The lowest BCUT2D eigenvalue weighted by Crippen LogP contribution is -2.14. The van der Waals surface area contributed by atoms with Crippen LogP contribution in [0.4, 0.5) is 14.5 Å². The highest BCUT2D eigenvalue weighted by atomic mass is 19.1. The fraction of sp³-hybridized carbons (Fsp3) is 0.0833. The van der Waals surface area contributed by atoms with Crippen LogP contribution in [-0.4, -0.2) is 10.9 Å². The number of amides is 1. The number of halogens is 2. The van der Waals surface area contributed by atoms with E-state index in [0.29, 0.717) is 22.2 Å². The minimum absolute atomic E-state index is 0.0787. The van der Waals surface area contributed by atoms with Gasteiger partial charge in [-0.3, -0.25) is 4.79 Å². The van der Waals surface area contributed by atoms with E-state index >= 15 is 0 Å². The Morgan fingerprint density at radius 1 is 0.897 bits per heavy atom. The molecule has 29 heavy (non-hydrogen) atoms. The number of hydrogen-bond donors (Lipinski definition) is 1. The molecule has 3 nitrogen and oxygen atoms in total. The summed E-state index contributed by atoms with van der Waals surface area (Å²) < 4.78 is 27.2. The van der Waals surface area contributed by atoms with Gasteiger partial charge in [0.15, 0.2) is 0 Å². The summed E-state index contributed by atoms with van der Waals surface area (Å²) >= 11 is 0. The van der Waals surface area contributed by atoms with Gasteiger partial charge in [0.2, 0.25) is 0 Å². The molecule has 0 saturated carbocycles. The highest BCUT2D eigenvalue weighted by Gasteiger charge is 2.16. The van der Waals surface area contributed by atoms with E-state index in [9.17, 15) is 13.6 Å². The molecule has 0 aliphatic heterocycles. The summed E-state index contributed by atoms with van der Waals surface area (Å²) in [7, 11) is 0. The Morgan fingerprint density at radius 2 is 1.69 bits per heavy atom. The molecule has 0 spiro atoms. The Labute approximate surface area is 167 Å². The Kier molecular flexibility index (Phi) is 4.80. The summed E-state index contributed by atoms with van der Waals surface area (Å²) in [6.45, 7) is 4.05. The molecule has 0 aliphatic rings. The van der Waals surface area contributed by atoms with Gasteiger partial charge in [0.25, 0.3) is 5.91 Å². The molecule has 0 saturated heterocycles. The number of fused-ring (bicyclic) bond motifs is 1. The lowest BCUT2D eigenvalue weighted by Gasteiger charge is -2.12. The number of aromatic nitrogens is 1. The highest BCUT2D eigenvalue weighted by molar-refractivity contribution is 6.13. The van der Waals surface area contributed by atoms with Gasteiger partial charge in [0.05, 0.1) is 22.5 Å². The van der Waals surface area contributed by atoms with Crippen LogP contribution in [0.3, 0.4) is 0 Å². The predicted octanol–water partition coefficient (Wildman–Crippen LogP) is 6.05. The van der Waals surface area contributed by atoms with Crippen LogP contribution in [0.25, 0.3) is 22.2 Å². The highest BCUT2D eigenvalue weighted by Crippen LogP contribution is 2.27. The second-order valence-electron chi connectivity index (χ2n) is 6.95. The number of carbonyl (C=O) groups excluding carboxylic acids is 1. The molecule has 4 rings (SSSR count). The number of pyridine rings is 1. The lowest BCUT2D eigenvalue weighted by molar-refractivity contribution is 0.102. The third-order valence-electron chi connectivity index (χ3n) is 4.94. The van der Waals surface area contributed by atoms with Gasteiger partial charge in [0, 0.05) is 17.0 Å². The largest absolute Gasteiger partial charge is 0.319 e. The van der Waals surface area contributed by atoms with E-state index in [1.165, 1.54) is 11.6 Å². The van der Waals surface area contributed by atoms with Gasteiger partial charge in [-0.1, -0.05) is 30.3 Å². The average molecular weight is 388 g/mol. The lowest BCUT2D eigenvalue weighted by atomic mass is 10.0. The summed E-state index contributed by atoms with van der Waals surface area (Å²) in [6.07, 6.45) is 0. The number of carbonyl (C=O) groups is 1. The fourth-order valence-electron chi connectivity index (χ4n) is 3.19. The first-order valence-corrected chi connectivity index (χ1v) is 9.16. The van der Waals surface area contributed by atoms with Crippen LogP contribution in [-0.2, 0) is 0 Å². The van der Waals surface area contributed by atoms with Gasteiger partial charge >= 0.3 is 0 Å². The molecule has 3 aromatic carbocycles. The third-order valence-corrected chi connectivity index (χ3v) is 4.94. The Balaban J connectivity index is 1.82. The molecular formula is C24H18F2N2O. The average Bonchev–Trinajstić information content (AvgIpc) is 2.71. The molecule has 1 heterocycles. The zero-order chi connectivity index (χ0) is 20.5. The Morgan fingerprint density at radius 3 is 2.45 bits per heavy atom. The maximum absolute atomic E-state index is 14.0. The monoisotopic (exact) mass is 388 g/mol. The number of nitrogens with one attached hydrogen (secondary N) is 1. The SMILES string of the molecule is Cc1ccc(-c2cc(C(=O)Nc3ccc(F)cc3F)c3ccccc3n2)cc1C. The van der Waals surface area contributed by atoms with Crippen LogP contribution in [0.15, 0.2) is 66.7 Å².